The van der Waals surface area contributed by atoms with Crippen LogP contribution in [0.4, 0.5) is 0 Å². The number of benzene rings is 2. The molecule has 0 saturated heterocycles. The highest BCUT2D eigenvalue weighted by Gasteiger charge is 2.46. The predicted octanol–water partition coefficient (Wildman–Crippen LogP) is 2.18. The first-order valence-corrected chi connectivity index (χ1v) is 7.94. The molecule has 2 atom stereocenters. The van der Waals surface area contributed by atoms with Crippen LogP contribution in [-0.2, 0) is 10.5 Å². The van der Waals surface area contributed by atoms with E-state index in [0.717, 1.165) is 5.01 Å². The van der Waals surface area contributed by atoms with Crippen LogP contribution >= 0.6 is 0 Å². The standard InChI is InChI=1S/C19H20N2O4/c1-13-12-19(24,15-9-6-10-16(11-15)25-2)21(20-13)18(23)17(22)14-7-4-3-5-8-14/h3-11,17,22,24H,12H2,1-2H3/t17-,19-/m1/s1. The maximum Gasteiger partial charge on any atom is 0.279 e. The third kappa shape index (κ3) is 3.14. The van der Waals surface area contributed by atoms with Crippen molar-refractivity contribution in [2.24, 2.45) is 5.10 Å². The summed E-state index contributed by atoms with van der Waals surface area (Å²) in [5, 5.41) is 26.8. The highest BCUT2D eigenvalue weighted by Crippen LogP contribution is 2.38. The monoisotopic (exact) mass is 340 g/mol. The molecule has 0 aromatic heterocycles. The lowest BCUT2D eigenvalue weighted by Gasteiger charge is -2.33. The van der Waals surface area contributed by atoms with Crippen LogP contribution in [0.25, 0.3) is 0 Å². The molecular weight excluding hydrogens is 320 g/mol. The Balaban J connectivity index is 1.96. The summed E-state index contributed by atoms with van der Waals surface area (Å²) in [6.45, 7) is 1.73. The van der Waals surface area contributed by atoms with E-state index in [1.807, 2.05) is 0 Å². The maximum atomic E-state index is 12.8. The zero-order valence-electron chi connectivity index (χ0n) is 14.1. The SMILES string of the molecule is COc1cccc([C@]2(O)CC(C)=NN2C(=O)[C@H](O)c2ccccc2)c1. The van der Waals surface area contributed by atoms with E-state index in [-0.39, 0.29) is 6.42 Å². The van der Waals surface area contributed by atoms with E-state index in [4.69, 9.17) is 4.74 Å². The average molecular weight is 340 g/mol. The van der Waals surface area contributed by atoms with Gasteiger partial charge < -0.3 is 14.9 Å². The van der Waals surface area contributed by atoms with Crippen molar-refractivity contribution in [1.82, 2.24) is 5.01 Å². The molecule has 0 radical (unpaired) electrons. The highest BCUT2D eigenvalue weighted by atomic mass is 16.5. The number of rotatable bonds is 4. The second kappa shape index (κ2) is 6.66. The quantitative estimate of drug-likeness (QED) is 0.894. The molecule has 1 heterocycles. The molecule has 1 aliphatic rings. The van der Waals surface area contributed by atoms with Gasteiger partial charge >= 0.3 is 0 Å². The Kier molecular flexibility index (Phi) is 4.57. The Hall–Kier alpha value is -2.70. The number of aliphatic hydroxyl groups is 2. The van der Waals surface area contributed by atoms with Crippen LogP contribution in [0.3, 0.4) is 0 Å². The average Bonchev–Trinajstić information content (AvgIpc) is 2.97. The molecule has 0 unspecified atom stereocenters. The van der Waals surface area contributed by atoms with Gasteiger partial charge in [0.25, 0.3) is 5.91 Å². The van der Waals surface area contributed by atoms with Gasteiger partial charge in [0.2, 0.25) is 0 Å². The molecule has 0 saturated carbocycles. The highest BCUT2D eigenvalue weighted by molar-refractivity contribution is 5.91. The largest absolute Gasteiger partial charge is 0.497 e. The third-order valence-corrected chi connectivity index (χ3v) is 4.21. The molecule has 1 aliphatic heterocycles. The summed E-state index contributed by atoms with van der Waals surface area (Å²) < 4.78 is 5.20. The summed E-state index contributed by atoms with van der Waals surface area (Å²) in [6.07, 6.45) is -1.25. The first-order chi connectivity index (χ1) is 12.0. The lowest BCUT2D eigenvalue weighted by atomic mass is 9.96. The summed E-state index contributed by atoms with van der Waals surface area (Å²) in [4.78, 5) is 12.8. The first-order valence-electron chi connectivity index (χ1n) is 7.94. The molecule has 0 fully saturated rings. The van der Waals surface area contributed by atoms with Crippen molar-refractivity contribution < 1.29 is 19.7 Å². The van der Waals surface area contributed by atoms with Crippen molar-refractivity contribution in [3.8, 4) is 5.75 Å². The molecule has 2 aromatic carbocycles. The van der Waals surface area contributed by atoms with Gasteiger partial charge in [-0.05, 0) is 24.6 Å². The topological polar surface area (TPSA) is 82.4 Å². The zero-order chi connectivity index (χ0) is 18.0. The summed E-state index contributed by atoms with van der Waals surface area (Å²) in [5.41, 5.74) is -0.147. The number of hydrogen-bond acceptors (Lipinski definition) is 5. The Bertz CT molecular complexity index is 806. The van der Waals surface area contributed by atoms with Gasteiger partial charge in [-0.3, -0.25) is 4.79 Å². The third-order valence-electron chi connectivity index (χ3n) is 4.21. The summed E-state index contributed by atoms with van der Waals surface area (Å²) >= 11 is 0. The lowest BCUT2D eigenvalue weighted by molar-refractivity contribution is -0.167. The number of hydrazone groups is 1. The van der Waals surface area contributed by atoms with Gasteiger partial charge in [-0.2, -0.15) is 10.1 Å². The van der Waals surface area contributed by atoms with Crippen LogP contribution in [0.5, 0.6) is 5.75 Å². The number of amides is 1. The van der Waals surface area contributed by atoms with E-state index in [0.29, 0.717) is 22.6 Å². The fraction of sp³-hybridized carbons (Fsp3) is 0.263. The molecule has 130 valence electrons. The number of nitrogens with zero attached hydrogens (tertiary/aromatic N) is 2. The van der Waals surface area contributed by atoms with E-state index in [1.54, 1.807) is 61.5 Å². The number of methoxy groups -OCH3 is 1. The molecule has 0 bridgehead atoms. The Morgan fingerprint density at radius 2 is 1.96 bits per heavy atom. The number of carbonyl (C=O) groups excluding carboxylic acids is 1. The van der Waals surface area contributed by atoms with Crippen molar-refractivity contribution in [1.29, 1.82) is 0 Å². The van der Waals surface area contributed by atoms with Crippen molar-refractivity contribution in [2.45, 2.75) is 25.2 Å². The Morgan fingerprint density at radius 3 is 2.64 bits per heavy atom. The van der Waals surface area contributed by atoms with Gasteiger partial charge in [-0.1, -0.05) is 42.5 Å². The minimum atomic E-state index is -1.66. The fourth-order valence-electron chi connectivity index (χ4n) is 2.94. The van der Waals surface area contributed by atoms with E-state index in [9.17, 15) is 15.0 Å². The molecule has 2 N–H and O–H groups in total. The van der Waals surface area contributed by atoms with Crippen LogP contribution < -0.4 is 4.74 Å². The number of hydrogen-bond donors (Lipinski definition) is 2. The maximum absolute atomic E-state index is 12.8. The summed E-state index contributed by atoms with van der Waals surface area (Å²) in [5.74, 6) is -0.125. The lowest BCUT2D eigenvalue weighted by Crippen LogP contribution is -2.45. The summed E-state index contributed by atoms with van der Waals surface area (Å²) in [7, 11) is 1.53. The number of carbonyl (C=O) groups is 1. The van der Waals surface area contributed by atoms with E-state index < -0.39 is 17.7 Å². The molecule has 1 amide bonds. The second-order valence-corrected chi connectivity index (χ2v) is 6.02. The second-order valence-electron chi connectivity index (χ2n) is 6.02. The zero-order valence-corrected chi connectivity index (χ0v) is 14.1. The minimum absolute atomic E-state index is 0.160. The minimum Gasteiger partial charge on any atom is -0.497 e. The predicted molar refractivity (Wildman–Crippen MR) is 92.9 cm³/mol. The van der Waals surface area contributed by atoms with E-state index in [1.165, 1.54) is 7.11 Å². The molecular formula is C19H20N2O4. The molecule has 6 heteroatoms. The molecule has 25 heavy (non-hydrogen) atoms. The van der Waals surface area contributed by atoms with Gasteiger partial charge in [0.1, 0.15) is 5.75 Å². The molecule has 0 spiro atoms. The van der Waals surface area contributed by atoms with E-state index in [2.05, 4.69) is 5.10 Å². The van der Waals surface area contributed by atoms with Gasteiger partial charge in [0.15, 0.2) is 11.8 Å². The van der Waals surface area contributed by atoms with E-state index >= 15 is 0 Å². The number of ether oxygens (including phenoxy) is 1. The van der Waals surface area contributed by atoms with Crippen LogP contribution in [0, 0.1) is 0 Å². The van der Waals surface area contributed by atoms with Crippen molar-refractivity contribution >= 4 is 11.6 Å². The molecule has 3 rings (SSSR count). The van der Waals surface area contributed by atoms with Crippen LogP contribution in [0.1, 0.15) is 30.6 Å². The van der Waals surface area contributed by atoms with Crippen molar-refractivity contribution in [3.63, 3.8) is 0 Å². The Labute approximate surface area is 146 Å². The summed E-state index contributed by atoms with van der Waals surface area (Å²) in [6, 6.07) is 15.4. The fourth-order valence-corrected chi connectivity index (χ4v) is 2.94. The Morgan fingerprint density at radius 1 is 1.24 bits per heavy atom. The van der Waals surface area contributed by atoms with Gasteiger partial charge in [-0.25, -0.2) is 0 Å². The first kappa shape index (κ1) is 17.1. The molecule has 6 nitrogen and oxygen atoms in total. The van der Waals surface area contributed by atoms with Crippen LogP contribution in [-0.4, -0.2) is 34.0 Å². The van der Waals surface area contributed by atoms with Gasteiger partial charge in [-0.15, -0.1) is 0 Å². The molecule has 2 aromatic rings. The smallest absolute Gasteiger partial charge is 0.279 e. The van der Waals surface area contributed by atoms with Crippen LogP contribution in [0.15, 0.2) is 59.7 Å². The van der Waals surface area contributed by atoms with Gasteiger partial charge in [0.05, 0.1) is 7.11 Å². The normalized spacial score (nSPS) is 21.0. The van der Waals surface area contributed by atoms with Crippen LogP contribution in [0.2, 0.25) is 0 Å². The van der Waals surface area contributed by atoms with Crippen molar-refractivity contribution in [2.75, 3.05) is 7.11 Å². The number of aliphatic hydroxyl groups excluding tert-OH is 1. The van der Waals surface area contributed by atoms with Gasteiger partial charge in [0, 0.05) is 17.7 Å². The molecule has 0 aliphatic carbocycles. The van der Waals surface area contributed by atoms with Crippen molar-refractivity contribution in [3.05, 3.63) is 65.7 Å².